The number of hydrogen-bond donors (Lipinski definition) is 0. The average Bonchev–Trinajstić information content (AvgIpc) is 3.08. The Labute approximate surface area is 269 Å². The first kappa shape index (κ1) is 30.5. The lowest BCUT2D eigenvalue weighted by molar-refractivity contribution is -0.150. The van der Waals surface area contributed by atoms with Crippen molar-refractivity contribution < 1.29 is 40.0 Å². The van der Waals surface area contributed by atoms with Crippen LogP contribution in [0, 0.1) is 0 Å². The molecular formula is C36H27AlO9. The highest BCUT2D eigenvalue weighted by molar-refractivity contribution is 6.44. The van der Waals surface area contributed by atoms with Crippen molar-refractivity contribution in [1.82, 2.24) is 0 Å². The molecule has 0 amide bonds. The molecule has 0 heterocycles. The zero-order valence-electron chi connectivity index (χ0n) is 24.5. The van der Waals surface area contributed by atoms with Gasteiger partial charge in [0, 0.05) is 0 Å². The van der Waals surface area contributed by atoms with Crippen molar-refractivity contribution in [2.75, 3.05) is 19.8 Å². The molecule has 6 aromatic rings. The fourth-order valence-corrected chi connectivity index (χ4v) is 5.69. The molecule has 228 valence electrons. The predicted molar refractivity (Wildman–Crippen MR) is 172 cm³/mol. The summed E-state index contributed by atoms with van der Waals surface area (Å²) in [5.41, 5.74) is 0. The van der Waals surface area contributed by atoms with Gasteiger partial charge in [0.15, 0.2) is 19.8 Å². The zero-order valence-corrected chi connectivity index (χ0v) is 25.7. The molecule has 6 rings (SSSR count). The van der Waals surface area contributed by atoms with Crippen LogP contribution in [0.15, 0.2) is 127 Å². The van der Waals surface area contributed by atoms with Crippen molar-refractivity contribution in [3.05, 3.63) is 127 Å². The van der Waals surface area contributed by atoms with Gasteiger partial charge in [-0.15, -0.1) is 0 Å². The molecule has 6 aromatic carbocycles. The highest BCUT2D eigenvalue weighted by atomic mass is 27.3. The van der Waals surface area contributed by atoms with Crippen LogP contribution in [-0.2, 0) is 25.7 Å². The standard InChI is InChI=1S/3C12H10O3.Al/c3*13-12(14)8-15-11-6-5-9-3-1-2-4-10(9)7-11;/h3*1-7H,8H2,(H,13,14);/q;;;+3/p-3. The van der Waals surface area contributed by atoms with Gasteiger partial charge in [-0.1, -0.05) is 91.0 Å². The van der Waals surface area contributed by atoms with Crippen LogP contribution in [0.3, 0.4) is 0 Å². The maximum atomic E-state index is 12.7. The molecule has 0 aliphatic rings. The summed E-state index contributed by atoms with van der Waals surface area (Å²) < 4.78 is 32.6. The lowest BCUT2D eigenvalue weighted by Crippen LogP contribution is -2.38. The number of hydrogen-bond acceptors (Lipinski definition) is 9. The van der Waals surface area contributed by atoms with E-state index in [-0.39, 0.29) is 0 Å². The predicted octanol–water partition coefficient (Wildman–Crippen LogP) is 6.30. The Bertz CT molecular complexity index is 1800. The highest BCUT2D eigenvalue weighted by Gasteiger charge is 2.49. The molecule has 9 nitrogen and oxygen atoms in total. The summed E-state index contributed by atoms with van der Waals surface area (Å²) in [6.45, 7) is -1.51. The van der Waals surface area contributed by atoms with E-state index in [1.165, 1.54) is 0 Å². The van der Waals surface area contributed by atoms with Crippen LogP contribution < -0.4 is 14.2 Å². The zero-order chi connectivity index (χ0) is 31.7. The normalized spacial score (nSPS) is 10.7. The monoisotopic (exact) mass is 630 g/mol. The Morgan fingerprint density at radius 3 is 0.978 bits per heavy atom. The van der Waals surface area contributed by atoms with Crippen LogP contribution in [0.2, 0.25) is 0 Å². The second kappa shape index (κ2) is 14.5. The van der Waals surface area contributed by atoms with E-state index in [0.717, 1.165) is 32.3 Å². The van der Waals surface area contributed by atoms with Crippen molar-refractivity contribution in [2.45, 2.75) is 0 Å². The van der Waals surface area contributed by atoms with Crippen molar-refractivity contribution in [1.29, 1.82) is 0 Å². The molecule has 0 unspecified atom stereocenters. The molecule has 0 aliphatic heterocycles. The number of carbonyl (C=O) groups excluding carboxylic acids is 3. The molecule has 0 fully saturated rings. The van der Waals surface area contributed by atoms with Gasteiger partial charge in [0.2, 0.25) is 0 Å². The van der Waals surface area contributed by atoms with Gasteiger partial charge in [0.1, 0.15) is 17.2 Å². The maximum absolute atomic E-state index is 12.7. The Morgan fingerprint density at radius 2 is 0.674 bits per heavy atom. The molecule has 10 heteroatoms. The second-order valence-corrected chi connectivity index (χ2v) is 11.4. The molecule has 0 aromatic heterocycles. The number of benzene rings is 6. The molecular weight excluding hydrogens is 603 g/mol. The minimum absolute atomic E-state index is 0.440. The third kappa shape index (κ3) is 8.13. The van der Waals surface area contributed by atoms with Gasteiger partial charge >= 0.3 is 33.1 Å². The maximum Gasteiger partial charge on any atom is 1.20 e. The summed E-state index contributed by atoms with van der Waals surface area (Å²) in [5, 5.41) is 5.84. The third-order valence-electron chi connectivity index (χ3n) is 6.92. The van der Waals surface area contributed by atoms with Gasteiger partial charge in [0.25, 0.3) is 0 Å². The van der Waals surface area contributed by atoms with Crippen LogP contribution in [0.5, 0.6) is 17.2 Å². The first-order valence-corrected chi connectivity index (χ1v) is 15.8. The molecule has 0 N–H and O–H groups in total. The largest absolute Gasteiger partial charge is 1.20 e. The summed E-state index contributed by atoms with van der Waals surface area (Å²) >= 11 is -3.69. The van der Waals surface area contributed by atoms with Gasteiger partial charge in [-0.25, -0.2) is 0 Å². The van der Waals surface area contributed by atoms with Crippen LogP contribution >= 0.6 is 0 Å². The van der Waals surface area contributed by atoms with Crippen LogP contribution in [-0.4, -0.2) is 52.9 Å². The minimum Gasteiger partial charge on any atom is -0.548 e. The summed E-state index contributed by atoms with van der Waals surface area (Å²) in [6, 6.07) is 39.2. The van der Waals surface area contributed by atoms with Crippen molar-refractivity contribution in [3.8, 4) is 17.2 Å². The first-order valence-electron chi connectivity index (χ1n) is 14.4. The average molecular weight is 631 g/mol. The van der Waals surface area contributed by atoms with E-state index in [1.807, 2.05) is 91.0 Å². The van der Waals surface area contributed by atoms with Crippen LogP contribution in [0.4, 0.5) is 0 Å². The van der Waals surface area contributed by atoms with Gasteiger partial charge in [-0.2, -0.15) is 0 Å². The van der Waals surface area contributed by atoms with Gasteiger partial charge in [-0.3, -0.25) is 14.4 Å². The summed E-state index contributed by atoms with van der Waals surface area (Å²) in [6.07, 6.45) is 0. The quantitative estimate of drug-likeness (QED) is 0.144. The summed E-state index contributed by atoms with van der Waals surface area (Å²) in [7, 11) is 0. The van der Waals surface area contributed by atoms with E-state index < -0.39 is 52.9 Å². The Morgan fingerprint density at radius 1 is 0.391 bits per heavy atom. The Hall–Kier alpha value is -5.56. The van der Waals surface area contributed by atoms with Crippen LogP contribution in [0.25, 0.3) is 32.3 Å². The molecule has 0 saturated heterocycles. The number of fused-ring (bicyclic) bond motifs is 3. The highest BCUT2D eigenvalue weighted by Crippen LogP contribution is 2.23. The van der Waals surface area contributed by atoms with Gasteiger partial charge in [0.05, 0.1) is 0 Å². The van der Waals surface area contributed by atoms with Crippen LogP contribution in [0.1, 0.15) is 0 Å². The molecule has 0 aliphatic carbocycles. The third-order valence-corrected chi connectivity index (χ3v) is 8.28. The smallest absolute Gasteiger partial charge is 0.548 e. The summed E-state index contributed by atoms with van der Waals surface area (Å²) in [4.78, 5) is 38.1. The lowest BCUT2D eigenvalue weighted by Gasteiger charge is -2.15. The Balaban J connectivity index is 1.07. The van der Waals surface area contributed by atoms with Gasteiger partial charge in [-0.05, 0) is 68.7 Å². The second-order valence-electron chi connectivity index (χ2n) is 10.2. The van der Waals surface area contributed by atoms with E-state index in [9.17, 15) is 14.4 Å². The van der Waals surface area contributed by atoms with E-state index in [0.29, 0.717) is 17.2 Å². The lowest BCUT2D eigenvalue weighted by atomic mass is 10.1. The Kier molecular flexibility index (Phi) is 9.59. The molecule has 0 bridgehead atoms. The van der Waals surface area contributed by atoms with E-state index >= 15 is 0 Å². The van der Waals surface area contributed by atoms with Crippen molar-refractivity contribution in [3.63, 3.8) is 0 Å². The van der Waals surface area contributed by atoms with Crippen molar-refractivity contribution >= 4 is 65.4 Å². The van der Waals surface area contributed by atoms with Crippen molar-refractivity contribution in [2.24, 2.45) is 0 Å². The topological polar surface area (TPSA) is 107 Å². The van der Waals surface area contributed by atoms with E-state index in [2.05, 4.69) is 0 Å². The number of rotatable bonds is 12. The number of carbonyl (C=O) groups is 3. The molecule has 0 radical (unpaired) electrons. The van der Waals surface area contributed by atoms with E-state index in [4.69, 9.17) is 25.6 Å². The minimum atomic E-state index is -3.69. The summed E-state index contributed by atoms with van der Waals surface area (Å²) in [5.74, 6) is -1.31. The molecule has 46 heavy (non-hydrogen) atoms. The first-order chi connectivity index (χ1) is 22.5. The fourth-order valence-electron chi connectivity index (χ4n) is 4.69. The van der Waals surface area contributed by atoms with E-state index in [1.54, 1.807) is 36.4 Å². The SMILES string of the molecule is O=C(COc1ccc2ccccc2c1)[O][Al]([O]C(=O)COc1ccc2ccccc2c1)[O]C(=O)COc1ccc2ccccc2c1. The molecule has 0 saturated carbocycles. The fraction of sp³-hybridized carbons (Fsp3) is 0.0833. The number of ether oxygens (including phenoxy) is 3. The molecule has 0 spiro atoms. The molecule has 0 atom stereocenters. The van der Waals surface area contributed by atoms with Gasteiger partial charge < -0.3 is 25.6 Å².